The summed E-state index contributed by atoms with van der Waals surface area (Å²) in [5.41, 5.74) is 0.682. The van der Waals surface area contributed by atoms with Crippen molar-refractivity contribution < 1.29 is 4.79 Å². The summed E-state index contributed by atoms with van der Waals surface area (Å²) in [7, 11) is 1.63. The lowest BCUT2D eigenvalue weighted by molar-refractivity contribution is -0.116. The fraction of sp³-hybridized carbons (Fsp3) is 0.556. The van der Waals surface area contributed by atoms with E-state index in [-0.39, 0.29) is 5.91 Å². The second kappa shape index (κ2) is 4.04. The van der Waals surface area contributed by atoms with Crippen molar-refractivity contribution >= 4 is 12.1 Å². The van der Waals surface area contributed by atoms with Crippen LogP contribution in [0.4, 0.5) is 0 Å². The Labute approximate surface area is 72.6 Å². The molecule has 0 aromatic carbocycles. The van der Waals surface area contributed by atoms with E-state index in [1.54, 1.807) is 13.3 Å². The number of carbonyl (C=O) groups excluding carboxylic acids is 1. The molecule has 0 aromatic heterocycles. The highest BCUT2D eigenvalue weighted by Crippen LogP contribution is 2.08. The van der Waals surface area contributed by atoms with E-state index >= 15 is 0 Å². The van der Waals surface area contributed by atoms with E-state index in [1.807, 2.05) is 6.08 Å². The Morgan fingerprint density at radius 2 is 2.50 bits per heavy atom. The standard InChI is InChI=1S/C9H14N2O/c1-7-4-3-5-8(6-11-7)9(12)10-2/h5-7H,3-4H2,1-2H3,(H,10,12). The molecular weight excluding hydrogens is 152 g/mol. The molecule has 1 N–H and O–H groups in total. The highest BCUT2D eigenvalue weighted by atomic mass is 16.1. The number of rotatable bonds is 1. The molecule has 0 spiro atoms. The van der Waals surface area contributed by atoms with Gasteiger partial charge in [0.05, 0.1) is 5.57 Å². The molecule has 0 saturated carbocycles. The number of carbonyl (C=O) groups is 1. The van der Waals surface area contributed by atoms with Gasteiger partial charge in [-0.15, -0.1) is 0 Å². The number of likely N-dealkylation sites (N-methyl/N-ethyl adjacent to an activating group) is 1. The van der Waals surface area contributed by atoms with Crippen molar-refractivity contribution in [3.05, 3.63) is 11.6 Å². The van der Waals surface area contributed by atoms with Gasteiger partial charge in [-0.25, -0.2) is 0 Å². The SMILES string of the molecule is CNC(=O)C1=CCCC(C)N=C1. The molecule has 3 heteroatoms. The van der Waals surface area contributed by atoms with E-state index in [0.717, 1.165) is 12.8 Å². The molecule has 1 heterocycles. The average Bonchev–Trinajstić information content (AvgIpc) is 2.29. The Morgan fingerprint density at radius 3 is 3.17 bits per heavy atom. The van der Waals surface area contributed by atoms with Crippen molar-refractivity contribution in [1.82, 2.24) is 5.32 Å². The van der Waals surface area contributed by atoms with Gasteiger partial charge in [0.2, 0.25) is 0 Å². The van der Waals surface area contributed by atoms with E-state index in [2.05, 4.69) is 17.2 Å². The van der Waals surface area contributed by atoms with Gasteiger partial charge >= 0.3 is 0 Å². The maximum Gasteiger partial charge on any atom is 0.252 e. The molecule has 66 valence electrons. The first-order valence-electron chi connectivity index (χ1n) is 4.19. The van der Waals surface area contributed by atoms with Gasteiger partial charge in [-0.1, -0.05) is 6.08 Å². The number of nitrogens with one attached hydrogen (secondary N) is 1. The van der Waals surface area contributed by atoms with Crippen LogP contribution in [0.3, 0.4) is 0 Å². The van der Waals surface area contributed by atoms with Gasteiger partial charge in [0.25, 0.3) is 5.91 Å². The number of hydrogen-bond acceptors (Lipinski definition) is 2. The first-order chi connectivity index (χ1) is 5.74. The summed E-state index contributed by atoms with van der Waals surface area (Å²) in [6, 6.07) is 0.336. The van der Waals surface area contributed by atoms with E-state index in [9.17, 15) is 4.79 Å². The minimum atomic E-state index is -0.0483. The number of nitrogens with zero attached hydrogens (tertiary/aromatic N) is 1. The molecule has 1 amide bonds. The van der Waals surface area contributed by atoms with Crippen LogP contribution < -0.4 is 5.32 Å². The molecular formula is C9H14N2O. The molecule has 0 bridgehead atoms. The molecule has 12 heavy (non-hydrogen) atoms. The van der Waals surface area contributed by atoms with Crippen molar-refractivity contribution in [3.8, 4) is 0 Å². The molecule has 3 nitrogen and oxygen atoms in total. The zero-order valence-corrected chi connectivity index (χ0v) is 7.50. The molecule has 0 saturated heterocycles. The van der Waals surface area contributed by atoms with Gasteiger partial charge in [0, 0.05) is 19.3 Å². The van der Waals surface area contributed by atoms with Crippen LogP contribution >= 0.6 is 0 Å². The lowest BCUT2D eigenvalue weighted by Gasteiger charge is -1.98. The van der Waals surface area contributed by atoms with Crippen LogP contribution in [0.25, 0.3) is 0 Å². The average molecular weight is 166 g/mol. The van der Waals surface area contributed by atoms with Gasteiger partial charge in [0.1, 0.15) is 0 Å². The summed E-state index contributed by atoms with van der Waals surface area (Å²) < 4.78 is 0. The van der Waals surface area contributed by atoms with E-state index < -0.39 is 0 Å². The van der Waals surface area contributed by atoms with Crippen molar-refractivity contribution in [1.29, 1.82) is 0 Å². The van der Waals surface area contributed by atoms with Crippen LogP contribution in [-0.2, 0) is 4.79 Å². The van der Waals surface area contributed by atoms with Crippen LogP contribution in [0, 0.1) is 0 Å². The Morgan fingerprint density at radius 1 is 1.75 bits per heavy atom. The van der Waals surface area contributed by atoms with Crippen LogP contribution in [0.2, 0.25) is 0 Å². The summed E-state index contributed by atoms with van der Waals surface area (Å²) in [6.45, 7) is 2.05. The summed E-state index contributed by atoms with van der Waals surface area (Å²) in [4.78, 5) is 15.4. The van der Waals surface area contributed by atoms with E-state index in [1.165, 1.54) is 0 Å². The van der Waals surface area contributed by atoms with Crippen LogP contribution in [0.5, 0.6) is 0 Å². The predicted octanol–water partition coefficient (Wildman–Crippen LogP) is 0.912. The molecule has 1 atom stereocenters. The lowest BCUT2D eigenvalue weighted by Crippen LogP contribution is -2.20. The maximum atomic E-state index is 11.2. The van der Waals surface area contributed by atoms with Gasteiger partial charge < -0.3 is 5.32 Å². The molecule has 0 aliphatic carbocycles. The normalized spacial score (nSPS) is 22.8. The van der Waals surface area contributed by atoms with Gasteiger partial charge in [0.15, 0.2) is 0 Å². The van der Waals surface area contributed by atoms with Crippen molar-refractivity contribution in [3.63, 3.8) is 0 Å². The number of aliphatic imine (C=N–C) groups is 1. The first-order valence-corrected chi connectivity index (χ1v) is 4.19. The Balaban J connectivity index is 2.69. The monoisotopic (exact) mass is 166 g/mol. The highest BCUT2D eigenvalue weighted by molar-refractivity contribution is 6.12. The minimum absolute atomic E-state index is 0.0483. The van der Waals surface area contributed by atoms with Crippen molar-refractivity contribution in [2.24, 2.45) is 4.99 Å². The Bertz CT molecular complexity index is 231. The van der Waals surface area contributed by atoms with Gasteiger partial charge in [-0.05, 0) is 19.8 Å². The zero-order valence-electron chi connectivity index (χ0n) is 7.50. The highest BCUT2D eigenvalue weighted by Gasteiger charge is 2.08. The van der Waals surface area contributed by atoms with E-state index in [0.29, 0.717) is 11.6 Å². The quantitative estimate of drug-likeness (QED) is 0.618. The van der Waals surface area contributed by atoms with Gasteiger partial charge in [-0.2, -0.15) is 0 Å². The molecule has 0 aromatic rings. The molecule has 1 aliphatic rings. The fourth-order valence-electron chi connectivity index (χ4n) is 1.11. The van der Waals surface area contributed by atoms with Crippen molar-refractivity contribution in [2.75, 3.05) is 7.05 Å². The summed E-state index contributed by atoms with van der Waals surface area (Å²) in [5, 5.41) is 2.58. The molecule has 1 aliphatic heterocycles. The summed E-state index contributed by atoms with van der Waals surface area (Å²) in [5.74, 6) is -0.0483. The first kappa shape index (κ1) is 8.97. The fourth-order valence-corrected chi connectivity index (χ4v) is 1.11. The third-order valence-corrected chi connectivity index (χ3v) is 1.91. The topological polar surface area (TPSA) is 41.5 Å². The second-order valence-corrected chi connectivity index (χ2v) is 2.94. The van der Waals surface area contributed by atoms with Crippen LogP contribution in [0.15, 0.2) is 16.6 Å². The lowest BCUT2D eigenvalue weighted by atomic mass is 10.1. The number of amides is 1. The Kier molecular flexibility index (Phi) is 3.02. The van der Waals surface area contributed by atoms with Crippen molar-refractivity contribution in [2.45, 2.75) is 25.8 Å². The smallest absolute Gasteiger partial charge is 0.252 e. The predicted molar refractivity (Wildman–Crippen MR) is 49.3 cm³/mol. The number of hydrogen-bond donors (Lipinski definition) is 1. The zero-order chi connectivity index (χ0) is 8.97. The molecule has 1 rings (SSSR count). The molecule has 1 unspecified atom stereocenters. The summed E-state index contributed by atoms with van der Waals surface area (Å²) in [6.07, 6.45) is 5.56. The van der Waals surface area contributed by atoms with Crippen LogP contribution in [-0.4, -0.2) is 25.2 Å². The Hall–Kier alpha value is -1.12. The number of allylic oxidation sites excluding steroid dienone is 1. The van der Waals surface area contributed by atoms with Crippen LogP contribution in [0.1, 0.15) is 19.8 Å². The largest absolute Gasteiger partial charge is 0.355 e. The van der Waals surface area contributed by atoms with Gasteiger partial charge in [-0.3, -0.25) is 9.79 Å². The molecule has 0 fully saturated rings. The third-order valence-electron chi connectivity index (χ3n) is 1.91. The maximum absolute atomic E-state index is 11.2. The molecule has 0 radical (unpaired) electrons. The van der Waals surface area contributed by atoms with E-state index in [4.69, 9.17) is 0 Å². The third kappa shape index (κ3) is 2.19. The second-order valence-electron chi connectivity index (χ2n) is 2.94. The summed E-state index contributed by atoms with van der Waals surface area (Å²) >= 11 is 0. The minimum Gasteiger partial charge on any atom is -0.355 e.